The van der Waals surface area contributed by atoms with E-state index in [4.69, 9.17) is 44.6 Å². The molecule has 0 spiro atoms. The first-order valence-corrected chi connectivity index (χ1v) is 17.9. The van der Waals surface area contributed by atoms with Crippen LogP contribution in [-0.2, 0) is 12.8 Å². The van der Waals surface area contributed by atoms with Crippen molar-refractivity contribution in [2.75, 3.05) is 32.7 Å². The maximum atomic E-state index is 7.48. The minimum atomic E-state index is -0.0307. The zero-order valence-electron chi connectivity index (χ0n) is 28.1. The molecule has 1 heterocycles. The van der Waals surface area contributed by atoms with Crippen LogP contribution in [0.15, 0.2) is 42.5 Å². The van der Waals surface area contributed by atoms with Crippen molar-refractivity contribution in [1.82, 2.24) is 26.6 Å². The summed E-state index contributed by atoms with van der Waals surface area (Å²) < 4.78 is 0. The molecule has 4 unspecified atom stereocenters. The van der Waals surface area contributed by atoms with E-state index in [0.717, 1.165) is 57.1 Å². The highest BCUT2D eigenvalue weighted by molar-refractivity contribution is 8.00. The molecule has 0 aromatic heterocycles. The summed E-state index contributed by atoms with van der Waals surface area (Å²) >= 11 is 1.91. The molecule has 17 N–H and O–H groups in total. The molecule has 0 bridgehead atoms. The summed E-state index contributed by atoms with van der Waals surface area (Å²) in [5.74, 6) is 8.33. The largest absolute Gasteiger partial charge is 0.370 e. The van der Waals surface area contributed by atoms with Crippen molar-refractivity contribution in [3.8, 4) is 11.8 Å². The zero-order chi connectivity index (χ0) is 35.2. The number of thioether (sulfide) groups is 1. The Balaban J connectivity index is 1.42. The van der Waals surface area contributed by atoms with Gasteiger partial charge in [0.25, 0.3) is 0 Å². The molecule has 1 saturated heterocycles. The quantitative estimate of drug-likeness (QED) is 0.0780. The highest BCUT2D eigenvalue weighted by atomic mass is 32.2. The van der Waals surface area contributed by atoms with Crippen LogP contribution in [0.4, 0.5) is 0 Å². The first-order valence-electron chi connectivity index (χ1n) is 17.0. The van der Waals surface area contributed by atoms with E-state index in [-0.39, 0.29) is 40.4 Å². The first kappa shape index (κ1) is 37.2. The lowest BCUT2D eigenvalue weighted by Crippen LogP contribution is -2.34. The molecule has 1 aliphatic carbocycles. The van der Waals surface area contributed by atoms with Gasteiger partial charge in [-0.25, -0.2) is 0 Å². The highest BCUT2D eigenvalue weighted by Crippen LogP contribution is 2.44. The molecule has 2 fully saturated rings. The molecule has 1 aliphatic heterocycles. The van der Waals surface area contributed by atoms with Crippen molar-refractivity contribution < 1.29 is 0 Å². The monoisotopic (exact) mass is 687 g/mol. The number of hydrogen-bond acceptors (Lipinski definition) is 6. The van der Waals surface area contributed by atoms with Crippen LogP contribution in [0.2, 0.25) is 0 Å². The lowest BCUT2D eigenvalue weighted by Gasteiger charge is -2.33. The first-order chi connectivity index (χ1) is 23.5. The second-order valence-electron chi connectivity index (χ2n) is 13.0. The van der Waals surface area contributed by atoms with Gasteiger partial charge in [-0.05, 0) is 91.2 Å². The van der Waals surface area contributed by atoms with Crippen LogP contribution >= 0.6 is 11.8 Å². The van der Waals surface area contributed by atoms with Crippen molar-refractivity contribution >= 4 is 35.6 Å². The lowest BCUT2D eigenvalue weighted by molar-refractivity contribution is 0.211. The molecule has 13 nitrogen and oxygen atoms in total. The average Bonchev–Trinajstić information content (AvgIpc) is 3.54. The summed E-state index contributed by atoms with van der Waals surface area (Å²) in [7, 11) is 0. The van der Waals surface area contributed by atoms with E-state index < -0.39 is 0 Å². The molecule has 0 amide bonds. The summed E-state index contributed by atoms with van der Waals surface area (Å²) in [5, 5.41) is 45.7. The van der Waals surface area contributed by atoms with Crippen LogP contribution < -0.4 is 49.5 Å². The molecule has 2 aromatic carbocycles. The van der Waals surface area contributed by atoms with Gasteiger partial charge in [0.1, 0.15) is 0 Å². The number of benzene rings is 2. The van der Waals surface area contributed by atoms with Crippen molar-refractivity contribution in [3.63, 3.8) is 0 Å². The summed E-state index contributed by atoms with van der Waals surface area (Å²) in [6.45, 7) is 3.40. The minimum Gasteiger partial charge on any atom is -0.370 e. The second-order valence-corrected chi connectivity index (χ2v) is 14.3. The number of nitrogens with two attached hydrogens (primary N) is 4. The Bertz CT molecular complexity index is 1450. The standard InChI is InChI=1S/C35H53N13S/c36-32(37)44-10-6-24-14-23(15-25(16-24)7-11-45-33(38)39)5-4-22-2-1-3-28(18-22)31-48-21-30(49-31)29-19-26(8-12-46-34(40)41)17-27(20-29)9-13-47-35(42)43/h1-3,17-20,23-25,30-31,48H,6-16,21H2,(H4,36,37,44)(H4,38,39,45)(H4,40,41,46)(H4,42,43,47). The summed E-state index contributed by atoms with van der Waals surface area (Å²) in [6.07, 6.45) is 6.57. The van der Waals surface area contributed by atoms with E-state index in [0.29, 0.717) is 38.0 Å². The van der Waals surface area contributed by atoms with Crippen molar-refractivity contribution in [2.24, 2.45) is 40.7 Å². The Morgan fingerprint density at radius 2 is 1.27 bits per heavy atom. The molecule has 14 heteroatoms. The van der Waals surface area contributed by atoms with Gasteiger partial charge in [0.05, 0.1) is 5.37 Å². The predicted octanol–water partition coefficient (Wildman–Crippen LogP) is 1.94. The molecule has 4 rings (SSSR count). The van der Waals surface area contributed by atoms with E-state index in [1.165, 1.54) is 22.3 Å². The van der Waals surface area contributed by atoms with Gasteiger partial charge in [0, 0.05) is 49.5 Å². The normalized spacial score (nSPS) is 21.5. The van der Waals surface area contributed by atoms with Crippen LogP contribution in [0.3, 0.4) is 0 Å². The molecule has 0 radical (unpaired) electrons. The highest BCUT2D eigenvalue weighted by Gasteiger charge is 2.29. The van der Waals surface area contributed by atoms with Gasteiger partial charge >= 0.3 is 0 Å². The Kier molecular flexibility index (Phi) is 14.3. The van der Waals surface area contributed by atoms with Gasteiger partial charge in [0.2, 0.25) is 0 Å². The fourth-order valence-corrected chi connectivity index (χ4v) is 8.07. The van der Waals surface area contributed by atoms with E-state index in [1.807, 2.05) is 11.8 Å². The summed E-state index contributed by atoms with van der Waals surface area (Å²) in [4.78, 5) is 0. The zero-order valence-corrected chi connectivity index (χ0v) is 28.9. The van der Waals surface area contributed by atoms with Gasteiger partial charge in [0.15, 0.2) is 23.8 Å². The topological polar surface area (TPSA) is 260 Å². The number of rotatable bonds is 14. The third kappa shape index (κ3) is 13.1. The van der Waals surface area contributed by atoms with Gasteiger partial charge < -0.3 is 49.5 Å². The third-order valence-corrected chi connectivity index (χ3v) is 10.4. The van der Waals surface area contributed by atoms with Gasteiger partial charge in [-0.2, -0.15) is 0 Å². The predicted molar refractivity (Wildman–Crippen MR) is 201 cm³/mol. The minimum absolute atomic E-state index is 0.00569. The van der Waals surface area contributed by atoms with E-state index in [9.17, 15) is 0 Å². The SMILES string of the molecule is N=C(N)NCCc1cc(CCNC(=N)N)cc(C2CNC(c3cccc(C#CC4CC(CCNC(=N)N)CC(CCNC(=N)N)C4)c3)S2)c1. The Morgan fingerprint density at radius 1 is 0.714 bits per heavy atom. The van der Waals surface area contributed by atoms with Gasteiger partial charge in [-0.3, -0.25) is 21.6 Å². The maximum Gasteiger partial charge on any atom is 0.185 e. The van der Waals surface area contributed by atoms with Crippen molar-refractivity contribution in [1.29, 1.82) is 21.6 Å². The molecule has 2 aromatic rings. The van der Waals surface area contributed by atoms with E-state index >= 15 is 0 Å². The maximum absolute atomic E-state index is 7.48. The molecule has 1 saturated carbocycles. The molecular formula is C35H53N13S. The third-order valence-electron chi connectivity index (χ3n) is 8.94. The molecule has 49 heavy (non-hydrogen) atoms. The Hall–Kier alpha value is -4.61. The number of nitrogens with one attached hydrogen (secondary N) is 9. The average molecular weight is 688 g/mol. The van der Waals surface area contributed by atoms with Gasteiger partial charge in [-0.1, -0.05) is 42.2 Å². The fourth-order valence-electron chi connectivity index (χ4n) is 6.76. The molecular weight excluding hydrogens is 635 g/mol. The number of guanidine groups is 4. The smallest absolute Gasteiger partial charge is 0.185 e. The van der Waals surface area contributed by atoms with Crippen LogP contribution in [0.5, 0.6) is 0 Å². The summed E-state index contributed by atoms with van der Waals surface area (Å²) in [5.41, 5.74) is 27.8. The fraction of sp³-hybridized carbons (Fsp3) is 0.486. The molecule has 4 atom stereocenters. The lowest BCUT2D eigenvalue weighted by atomic mass is 9.73. The summed E-state index contributed by atoms with van der Waals surface area (Å²) in [6, 6.07) is 15.2. The molecule has 264 valence electrons. The molecule has 2 aliphatic rings. The Labute approximate surface area is 294 Å². The number of hydrogen-bond donors (Lipinski definition) is 13. The van der Waals surface area contributed by atoms with E-state index in [1.54, 1.807) is 0 Å². The van der Waals surface area contributed by atoms with Crippen LogP contribution in [0.25, 0.3) is 0 Å². The van der Waals surface area contributed by atoms with Crippen LogP contribution in [-0.4, -0.2) is 56.6 Å². The van der Waals surface area contributed by atoms with Crippen molar-refractivity contribution in [2.45, 2.75) is 55.6 Å². The second kappa shape index (κ2) is 18.8. The van der Waals surface area contributed by atoms with Crippen LogP contribution in [0.1, 0.15) is 70.5 Å². The van der Waals surface area contributed by atoms with E-state index in [2.05, 4.69) is 80.9 Å². The Morgan fingerprint density at radius 3 is 1.82 bits per heavy atom. The van der Waals surface area contributed by atoms with Crippen LogP contribution in [0, 0.1) is 51.2 Å². The van der Waals surface area contributed by atoms with Crippen molar-refractivity contribution in [3.05, 3.63) is 70.3 Å². The van der Waals surface area contributed by atoms with Gasteiger partial charge in [-0.15, -0.1) is 11.8 Å².